The first-order chi connectivity index (χ1) is 40.4. The first kappa shape index (κ1) is 82.1. The number of hydrogen-bond donors (Lipinski definition) is 3. The van der Waals surface area contributed by atoms with Crippen LogP contribution < -0.4 is 0 Å². The number of rotatable bonds is 64. The van der Waals surface area contributed by atoms with E-state index in [9.17, 15) is 43.2 Å². The van der Waals surface area contributed by atoms with Crippen molar-refractivity contribution < 1.29 is 80.2 Å². The number of phosphoric acid groups is 2. The summed E-state index contributed by atoms with van der Waals surface area (Å²) in [5.74, 6) is -0.621. The Hall–Kier alpha value is -1.94. The van der Waals surface area contributed by atoms with Crippen LogP contribution in [0.4, 0.5) is 0 Å². The lowest BCUT2D eigenvalue weighted by Crippen LogP contribution is -2.30. The third-order valence-electron chi connectivity index (χ3n) is 15.3. The summed E-state index contributed by atoms with van der Waals surface area (Å²) in [5, 5.41) is 10.5. The molecule has 0 aromatic carbocycles. The maximum absolute atomic E-state index is 13.0. The number of aliphatic hydroxyl groups is 1. The summed E-state index contributed by atoms with van der Waals surface area (Å²) in [6.07, 6.45) is 40.6. The highest BCUT2D eigenvalue weighted by atomic mass is 31.2. The van der Waals surface area contributed by atoms with Gasteiger partial charge >= 0.3 is 39.5 Å². The Morgan fingerprint density at radius 1 is 0.345 bits per heavy atom. The van der Waals surface area contributed by atoms with Gasteiger partial charge in [0, 0.05) is 25.7 Å². The molecule has 3 unspecified atom stereocenters. The van der Waals surface area contributed by atoms with Crippen molar-refractivity contribution in [3.8, 4) is 0 Å². The average molecular weight is 1240 g/mol. The van der Waals surface area contributed by atoms with Crippen LogP contribution in [0.1, 0.15) is 324 Å². The zero-order chi connectivity index (χ0) is 62.2. The number of hydrogen-bond acceptors (Lipinski definition) is 15. The zero-order valence-corrected chi connectivity index (χ0v) is 56.0. The average Bonchev–Trinajstić information content (AvgIpc) is 3.58. The van der Waals surface area contributed by atoms with E-state index in [2.05, 4.69) is 41.5 Å². The Morgan fingerprint density at radius 2 is 0.607 bits per heavy atom. The molecular weight excluding hydrogens is 1110 g/mol. The molecule has 498 valence electrons. The number of carbonyl (C=O) groups excluding carboxylic acids is 4. The van der Waals surface area contributed by atoms with Crippen molar-refractivity contribution in [2.24, 2.45) is 11.8 Å². The van der Waals surface area contributed by atoms with Crippen molar-refractivity contribution in [2.75, 3.05) is 39.6 Å². The van der Waals surface area contributed by atoms with E-state index in [1.54, 1.807) is 0 Å². The van der Waals surface area contributed by atoms with Gasteiger partial charge in [0.2, 0.25) is 0 Å². The summed E-state index contributed by atoms with van der Waals surface area (Å²) >= 11 is 0. The molecule has 0 spiro atoms. The van der Waals surface area contributed by atoms with Gasteiger partial charge in [0.1, 0.15) is 19.3 Å². The van der Waals surface area contributed by atoms with E-state index in [0.717, 1.165) is 108 Å². The minimum atomic E-state index is -4.95. The molecular formula is C65H126O17P2. The minimum Gasteiger partial charge on any atom is -0.462 e. The largest absolute Gasteiger partial charge is 0.472 e. The monoisotopic (exact) mass is 1240 g/mol. The van der Waals surface area contributed by atoms with Crippen molar-refractivity contribution in [3.05, 3.63) is 0 Å². The molecule has 0 heterocycles. The maximum Gasteiger partial charge on any atom is 0.472 e. The molecule has 0 aliphatic heterocycles. The van der Waals surface area contributed by atoms with Crippen LogP contribution in [0.15, 0.2) is 0 Å². The van der Waals surface area contributed by atoms with Crippen molar-refractivity contribution >= 4 is 39.5 Å². The molecule has 0 fully saturated rings. The Bertz CT molecular complexity index is 1650. The number of unbranched alkanes of at least 4 members (excludes halogenated alkanes) is 33. The molecule has 17 nitrogen and oxygen atoms in total. The molecule has 0 saturated carbocycles. The van der Waals surface area contributed by atoms with Crippen LogP contribution in [-0.2, 0) is 65.4 Å². The smallest absolute Gasteiger partial charge is 0.462 e. The summed E-state index contributed by atoms with van der Waals surface area (Å²) in [6, 6.07) is 0. The highest BCUT2D eigenvalue weighted by Crippen LogP contribution is 2.45. The van der Waals surface area contributed by atoms with Crippen LogP contribution >= 0.6 is 15.6 Å². The lowest BCUT2D eigenvalue weighted by Gasteiger charge is -2.21. The molecule has 0 rings (SSSR count). The van der Waals surface area contributed by atoms with E-state index >= 15 is 0 Å². The first-order valence-corrected chi connectivity index (χ1v) is 37.0. The van der Waals surface area contributed by atoms with E-state index < -0.39 is 97.5 Å². The van der Waals surface area contributed by atoms with Crippen molar-refractivity contribution in [2.45, 2.75) is 342 Å². The molecule has 0 saturated heterocycles. The third-order valence-corrected chi connectivity index (χ3v) is 17.2. The van der Waals surface area contributed by atoms with Crippen LogP contribution in [0.5, 0.6) is 0 Å². The lowest BCUT2D eigenvalue weighted by molar-refractivity contribution is -0.161. The second-order valence-electron chi connectivity index (χ2n) is 24.2. The zero-order valence-electron chi connectivity index (χ0n) is 54.2. The van der Waals surface area contributed by atoms with Gasteiger partial charge < -0.3 is 33.8 Å². The second kappa shape index (κ2) is 57.5. The molecule has 0 bridgehead atoms. The summed E-state index contributed by atoms with van der Waals surface area (Å²) < 4.78 is 67.9. The van der Waals surface area contributed by atoms with Crippen LogP contribution in [-0.4, -0.2) is 96.7 Å². The van der Waals surface area contributed by atoms with Crippen molar-refractivity contribution in [1.82, 2.24) is 0 Å². The highest BCUT2D eigenvalue weighted by molar-refractivity contribution is 7.47. The van der Waals surface area contributed by atoms with E-state index in [1.165, 1.54) is 135 Å². The lowest BCUT2D eigenvalue weighted by atomic mass is 9.99. The summed E-state index contributed by atoms with van der Waals surface area (Å²) in [7, 11) is -9.88. The van der Waals surface area contributed by atoms with Crippen LogP contribution in [0, 0.1) is 11.8 Å². The van der Waals surface area contributed by atoms with E-state index in [0.29, 0.717) is 25.7 Å². The van der Waals surface area contributed by atoms with Crippen LogP contribution in [0.25, 0.3) is 0 Å². The highest BCUT2D eigenvalue weighted by Gasteiger charge is 2.30. The van der Waals surface area contributed by atoms with Gasteiger partial charge in [-0.25, -0.2) is 9.13 Å². The van der Waals surface area contributed by atoms with Gasteiger partial charge in [-0.2, -0.15) is 0 Å². The molecule has 0 radical (unpaired) electrons. The van der Waals surface area contributed by atoms with Gasteiger partial charge in [-0.15, -0.1) is 0 Å². The van der Waals surface area contributed by atoms with Gasteiger partial charge in [-0.05, 0) is 37.5 Å². The topological polar surface area (TPSA) is 237 Å². The fourth-order valence-corrected chi connectivity index (χ4v) is 11.3. The van der Waals surface area contributed by atoms with Gasteiger partial charge in [0.05, 0.1) is 26.4 Å². The van der Waals surface area contributed by atoms with Crippen LogP contribution in [0.2, 0.25) is 0 Å². The molecule has 6 atom stereocenters. The SMILES string of the molecule is CCCCCCCCCCCCCCCCC(=O)OC[C@H](COP(=O)(O)OC[C@@H](O)COP(=O)(O)OC[C@@H](COC(=O)CCCCCCC)OC(=O)CCCCCCCCCCC(C)C)OC(=O)CCCCCCCCCCCCC(C)CC. The summed E-state index contributed by atoms with van der Waals surface area (Å²) in [5.41, 5.74) is 0. The van der Waals surface area contributed by atoms with Gasteiger partial charge in [-0.1, -0.05) is 273 Å². The van der Waals surface area contributed by atoms with Crippen molar-refractivity contribution in [1.29, 1.82) is 0 Å². The molecule has 0 aliphatic carbocycles. The van der Waals surface area contributed by atoms with Gasteiger partial charge in [0.25, 0.3) is 0 Å². The Labute approximate surface area is 511 Å². The number of carbonyl (C=O) groups is 4. The third kappa shape index (κ3) is 57.8. The quantitative estimate of drug-likeness (QED) is 0.0222. The second-order valence-corrected chi connectivity index (χ2v) is 27.1. The van der Waals surface area contributed by atoms with Crippen LogP contribution in [0.3, 0.4) is 0 Å². The predicted octanol–water partition coefficient (Wildman–Crippen LogP) is 18.0. The number of esters is 4. The van der Waals surface area contributed by atoms with Crippen molar-refractivity contribution in [3.63, 3.8) is 0 Å². The number of ether oxygens (including phenoxy) is 4. The first-order valence-electron chi connectivity index (χ1n) is 34.0. The predicted molar refractivity (Wildman–Crippen MR) is 335 cm³/mol. The fraction of sp³-hybridized carbons (Fsp3) is 0.938. The molecule has 3 N–H and O–H groups in total. The molecule has 84 heavy (non-hydrogen) atoms. The molecule has 0 aromatic rings. The van der Waals surface area contributed by atoms with Gasteiger partial charge in [0.15, 0.2) is 12.2 Å². The Balaban J connectivity index is 5.18. The number of phosphoric ester groups is 2. The Morgan fingerprint density at radius 3 is 0.905 bits per heavy atom. The van der Waals surface area contributed by atoms with E-state index in [-0.39, 0.29) is 25.7 Å². The van der Waals surface area contributed by atoms with Gasteiger partial charge in [-0.3, -0.25) is 37.3 Å². The molecule has 19 heteroatoms. The standard InChI is InChI=1S/C65H126O17P2/c1-7-10-12-14-15-16-17-18-19-20-24-30-36-42-48-63(68)76-54-61(82-64(69)49-43-37-31-25-22-21-23-29-35-40-46-58(6)9-3)56-80-84(73,74)78-52-59(66)51-77-83(71,72)79-55-60(53-75-62(67)47-41-33-13-11-8-2)81-65(70)50-44-38-32-27-26-28-34-39-45-57(4)5/h57-61,66H,7-56H2,1-6H3,(H,71,72)(H,73,74)/t58?,59-,60+,61+/m0/s1. The van der Waals surface area contributed by atoms with E-state index in [1.807, 2.05) is 0 Å². The molecule has 0 aromatic heterocycles. The molecule has 0 aliphatic rings. The maximum atomic E-state index is 13.0. The fourth-order valence-electron chi connectivity index (χ4n) is 9.68. The number of aliphatic hydroxyl groups excluding tert-OH is 1. The normalized spacial score (nSPS) is 14.6. The summed E-state index contributed by atoms with van der Waals surface area (Å²) in [6.45, 7) is 9.40. The summed E-state index contributed by atoms with van der Waals surface area (Å²) in [4.78, 5) is 72.0. The molecule has 0 amide bonds. The Kier molecular flexibility index (Phi) is 56.2. The van der Waals surface area contributed by atoms with E-state index in [4.69, 9.17) is 37.0 Å². The minimum absolute atomic E-state index is 0.103.